The first-order chi connectivity index (χ1) is 12.0. The minimum atomic E-state index is -2.89. The number of rotatable bonds is 7. The molecule has 0 unspecified atom stereocenters. The molecule has 2 aliphatic rings. The van der Waals surface area contributed by atoms with Gasteiger partial charge in [0.25, 0.3) is 0 Å². The van der Waals surface area contributed by atoms with Crippen LogP contribution in [0, 0.1) is 0 Å². The lowest BCUT2D eigenvalue weighted by atomic mass is 10.1. The summed E-state index contributed by atoms with van der Waals surface area (Å²) in [5.41, 5.74) is 1.07. The van der Waals surface area contributed by atoms with E-state index in [0.29, 0.717) is 12.3 Å². The topological polar surface area (TPSA) is 49.9 Å². The Morgan fingerprint density at radius 1 is 1.24 bits per heavy atom. The molecule has 2 heterocycles. The van der Waals surface area contributed by atoms with Crippen LogP contribution < -0.4 is 0 Å². The van der Waals surface area contributed by atoms with Crippen LogP contribution in [0.2, 0.25) is 5.02 Å². The van der Waals surface area contributed by atoms with Crippen LogP contribution in [-0.4, -0.2) is 75.2 Å². The molecule has 3 rings (SSSR count). The highest BCUT2D eigenvalue weighted by molar-refractivity contribution is 7.91. The maximum atomic E-state index is 11.9. The van der Waals surface area contributed by atoms with E-state index < -0.39 is 9.84 Å². The highest BCUT2D eigenvalue weighted by Gasteiger charge is 2.32. The summed E-state index contributed by atoms with van der Waals surface area (Å²) in [7, 11) is -2.89. The second-order valence-electron chi connectivity index (χ2n) is 6.93. The van der Waals surface area contributed by atoms with Crippen LogP contribution in [-0.2, 0) is 21.1 Å². The summed E-state index contributed by atoms with van der Waals surface area (Å²) in [5, 5.41) is 0.751. The lowest BCUT2D eigenvalue weighted by Crippen LogP contribution is -2.40. The Labute approximate surface area is 155 Å². The Balaban J connectivity index is 1.61. The molecule has 2 fully saturated rings. The van der Waals surface area contributed by atoms with Crippen LogP contribution in [0.1, 0.15) is 18.4 Å². The zero-order chi connectivity index (χ0) is 17.7. The maximum absolute atomic E-state index is 11.9. The molecule has 1 atom stereocenters. The number of benzene rings is 1. The lowest BCUT2D eigenvalue weighted by Gasteiger charge is -2.31. The number of nitrogens with zero attached hydrogens (tertiary/aromatic N) is 2. The summed E-state index contributed by atoms with van der Waals surface area (Å²) < 4.78 is 29.2. The van der Waals surface area contributed by atoms with Crippen LogP contribution in [0.3, 0.4) is 0 Å². The van der Waals surface area contributed by atoms with Crippen molar-refractivity contribution in [1.82, 2.24) is 9.80 Å². The summed E-state index contributed by atoms with van der Waals surface area (Å²) in [6.45, 7) is 6.23. The van der Waals surface area contributed by atoms with Crippen molar-refractivity contribution in [3.63, 3.8) is 0 Å². The van der Waals surface area contributed by atoms with Crippen molar-refractivity contribution in [2.24, 2.45) is 0 Å². The number of sulfone groups is 1. The quantitative estimate of drug-likeness (QED) is 0.717. The Hall–Kier alpha value is -0.660. The van der Waals surface area contributed by atoms with E-state index in [4.69, 9.17) is 16.3 Å². The third-order valence-electron chi connectivity index (χ3n) is 5.08. The summed E-state index contributed by atoms with van der Waals surface area (Å²) in [6, 6.07) is 7.94. The van der Waals surface area contributed by atoms with Gasteiger partial charge in [-0.1, -0.05) is 29.8 Å². The molecule has 0 amide bonds. The number of hydrogen-bond acceptors (Lipinski definition) is 5. The lowest BCUT2D eigenvalue weighted by molar-refractivity contribution is 0.0354. The third kappa shape index (κ3) is 5.66. The number of hydrogen-bond donors (Lipinski definition) is 0. The Morgan fingerprint density at radius 3 is 2.68 bits per heavy atom. The second-order valence-corrected chi connectivity index (χ2v) is 9.56. The number of halogens is 1. The molecule has 0 bridgehead atoms. The van der Waals surface area contributed by atoms with Crippen LogP contribution >= 0.6 is 11.6 Å². The van der Waals surface area contributed by atoms with E-state index in [1.807, 2.05) is 24.3 Å². The van der Waals surface area contributed by atoms with Crippen molar-refractivity contribution >= 4 is 21.4 Å². The molecule has 7 heteroatoms. The van der Waals surface area contributed by atoms with Crippen molar-refractivity contribution < 1.29 is 13.2 Å². The van der Waals surface area contributed by atoms with Crippen molar-refractivity contribution in [2.75, 3.05) is 50.9 Å². The molecule has 0 radical (unpaired) electrons. The standard InChI is InChI=1S/C18H27ClN2O3S/c19-18-5-2-1-4-16(18)14-21(17-6-13-25(22,23)15-17)8-3-7-20-9-11-24-12-10-20/h1-2,4-5,17H,3,6-15H2/t17-/m0/s1. The fraction of sp³-hybridized carbons (Fsp3) is 0.667. The van der Waals surface area contributed by atoms with Gasteiger partial charge in [-0.2, -0.15) is 0 Å². The molecule has 0 spiro atoms. The molecule has 1 aromatic rings. The van der Waals surface area contributed by atoms with Gasteiger partial charge in [0, 0.05) is 37.2 Å². The van der Waals surface area contributed by atoms with Crippen molar-refractivity contribution in [1.29, 1.82) is 0 Å². The predicted octanol–water partition coefficient (Wildman–Crippen LogP) is 2.05. The van der Waals surface area contributed by atoms with Gasteiger partial charge in [-0.3, -0.25) is 9.80 Å². The zero-order valence-corrected chi connectivity index (χ0v) is 16.1. The van der Waals surface area contributed by atoms with E-state index in [0.717, 1.165) is 62.8 Å². The highest BCUT2D eigenvalue weighted by Crippen LogP contribution is 2.23. The molecule has 2 aliphatic heterocycles. The van der Waals surface area contributed by atoms with Crippen molar-refractivity contribution in [3.8, 4) is 0 Å². The predicted molar refractivity (Wildman–Crippen MR) is 101 cm³/mol. The molecule has 2 saturated heterocycles. The monoisotopic (exact) mass is 386 g/mol. The fourth-order valence-corrected chi connectivity index (χ4v) is 5.58. The van der Waals surface area contributed by atoms with Crippen LogP contribution in [0.25, 0.3) is 0 Å². The van der Waals surface area contributed by atoms with Gasteiger partial charge in [0.2, 0.25) is 0 Å². The molecule has 0 N–H and O–H groups in total. The summed E-state index contributed by atoms with van der Waals surface area (Å²) in [5.74, 6) is 0.579. The molecule has 1 aromatic carbocycles. The van der Waals surface area contributed by atoms with E-state index in [1.165, 1.54) is 0 Å². The summed E-state index contributed by atoms with van der Waals surface area (Å²) in [6.07, 6.45) is 1.76. The third-order valence-corrected chi connectivity index (χ3v) is 7.20. The molecule has 0 saturated carbocycles. The Morgan fingerprint density at radius 2 is 2.00 bits per heavy atom. The van der Waals surface area contributed by atoms with E-state index in [9.17, 15) is 8.42 Å². The van der Waals surface area contributed by atoms with E-state index in [2.05, 4.69) is 9.80 Å². The van der Waals surface area contributed by atoms with Crippen LogP contribution in [0.15, 0.2) is 24.3 Å². The fourth-order valence-electron chi connectivity index (χ4n) is 3.62. The SMILES string of the molecule is O=S1(=O)CC[C@H](N(CCCN2CCOCC2)Cc2ccccc2Cl)C1. The molecule has 0 aliphatic carbocycles. The van der Waals surface area contributed by atoms with Gasteiger partial charge in [0.1, 0.15) is 0 Å². The van der Waals surface area contributed by atoms with Gasteiger partial charge in [-0.25, -0.2) is 8.42 Å². The summed E-state index contributed by atoms with van der Waals surface area (Å²) in [4.78, 5) is 4.73. The first-order valence-electron chi connectivity index (χ1n) is 9.01. The first kappa shape index (κ1) is 19.1. The minimum Gasteiger partial charge on any atom is -0.379 e. The molecule has 5 nitrogen and oxygen atoms in total. The van der Waals surface area contributed by atoms with Crippen LogP contribution in [0.4, 0.5) is 0 Å². The summed E-state index contributed by atoms with van der Waals surface area (Å²) >= 11 is 6.32. The van der Waals surface area contributed by atoms with E-state index >= 15 is 0 Å². The van der Waals surface area contributed by atoms with Gasteiger partial charge < -0.3 is 4.74 Å². The van der Waals surface area contributed by atoms with Crippen LogP contribution in [0.5, 0.6) is 0 Å². The Kier molecular flexibility index (Phi) is 6.74. The van der Waals surface area contributed by atoms with E-state index in [1.54, 1.807) is 0 Å². The molecule has 140 valence electrons. The molecular weight excluding hydrogens is 360 g/mol. The van der Waals surface area contributed by atoms with Gasteiger partial charge in [-0.15, -0.1) is 0 Å². The number of morpholine rings is 1. The zero-order valence-electron chi connectivity index (χ0n) is 14.6. The van der Waals surface area contributed by atoms with Gasteiger partial charge in [-0.05, 0) is 31.0 Å². The average molecular weight is 387 g/mol. The number of ether oxygens (including phenoxy) is 1. The first-order valence-corrected chi connectivity index (χ1v) is 11.2. The molecular formula is C18H27ClN2O3S. The maximum Gasteiger partial charge on any atom is 0.151 e. The average Bonchev–Trinajstić information content (AvgIpc) is 2.96. The van der Waals surface area contributed by atoms with Gasteiger partial charge >= 0.3 is 0 Å². The van der Waals surface area contributed by atoms with Crippen molar-refractivity contribution in [2.45, 2.75) is 25.4 Å². The minimum absolute atomic E-state index is 0.103. The molecule has 0 aromatic heterocycles. The largest absolute Gasteiger partial charge is 0.379 e. The van der Waals surface area contributed by atoms with Gasteiger partial charge in [0.05, 0.1) is 24.7 Å². The van der Waals surface area contributed by atoms with Gasteiger partial charge in [0.15, 0.2) is 9.84 Å². The van der Waals surface area contributed by atoms with Crippen molar-refractivity contribution in [3.05, 3.63) is 34.9 Å². The normalized spacial score (nSPS) is 24.0. The highest BCUT2D eigenvalue weighted by atomic mass is 35.5. The molecule has 25 heavy (non-hydrogen) atoms. The smallest absolute Gasteiger partial charge is 0.151 e. The second kappa shape index (κ2) is 8.82. The van der Waals surface area contributed by atoms with E-state index in [-0.39, 0.29) is 11.8 Å². The Bertz CT molecular complexity index is 662.